The fourth-order valence-electron chi connectivity index (χ4n) is 6.86. The fourth-order valence-corrected chi connectivity index (χ4v) is 7.38. The zero-order valence-electron chi connectivity index (χ0n) is 17.0. The van der Waals surface area contributed by atoms with Crippen LogP contribution < -0.4 is 0 Å². The van der Waals surface area contributed by atoms with Gasteiger partial charge in [-0.3, -0.25) is 9.35 Å². The SMILES string of the molecule is [2H]C1([2H])CC2C3CC[C@H]4C[C@H](OS(=O)(=O)O)CCC4(C)C3CCC2(C)C1=O. The molecule has 5 unspecified atom stereocenters. The van der Waals surface area contributed by atoms with Crippen LogP contribution in [0.15, 0.2) is 0 Å². The van der Waals surface area contributed by atoms with Crippen LogP contribution in [0.5, 0.6) is 0 Å². The second kappa shape index (κ2) is 5.77. The van der Waals surface area contributed by atoms with Crippen LogP contribution in [0.3, 0.4) is 0 Å². The van der Waals surface area contributed by atoms with Crippen LogP contribution in [0.2, 0.25) is 0 Å². The van der Waals surface area contributed by atoms with Crippen LogP contribution in [-0.4, -0.2) is 24.9 Å². The Kier molecular flexibility index (Phi) is 3.59. The highest BCUT2D eigenvalue weighted by Gasteiger charge is 2.60. The molecule has 4 rings (SSSR count). The summed E-state index contributed by atoms with van der Waals surface area (Å²) in [5.74, 6) is 1.07. The van der Waals surface area contributed by atoms with Crippen molar-refractivity contribution in [3.8, 4) is 0 Å². The molecular formula is C19H30O5S. The van der Waals surface area contributed by atoms with E-state index in [2.05, 4.69) is 6.92 Å². The molecular weight excluding hydrogens is 340 g/mol. The molecule has 0 aliphatic heterocycles. The van der Waals surface area contributed by atoms with E-state index in [4.69, 9.17) is 11.5 Å². The monoisotopic (exact) mass is 372 g/mol. The van der Waals surface area contributed by atoms with E-state index in [0.29, 0.717) is 37.0 Å². The maximum absolute atomic E-state index is 12.7. The van der Waals surface area contributed by atoms with Gasteiger partial charge < -0.3 is 0 Å². The van der Waals surface area contributed by atoms with E-state index in [0.717, 1.165) is 32.1 Å². The van der Waals surface area contributed by atoms with Gasteiger partial charge in [0.15, 0.2) is 0 Å². The number of rotatable bonds is 2. The van der Waals surface area contributed by atoms with Gasteiger partial charge in [-0.2, -0.15) is 8.42 Å². The standard InChI is InChI=1S/C19H30O5S/c1-18-9-7-13(24-25(21,22)23)11-12(18)3-4-14-15-5-6-17(20)19(15,2)10-8-16(14)18/h12-16H,3-11H2,1-2H3,(H,21,22,23)/t12-,13+,14?,15?,16?,18?,19?/m0/s1/i6D2. The minimum Gasteiger partial charge on any atom is -0.299 e. The second-order valence-corrected chi connectivity index (χ2v) is 10.3. The van der Waals surface area contributed by atoms with Crippen molar-refractivity contribution in [2.75, 3.05) is 0 Å². The Morgan fingerprint density at radius 3 is 2.60 bits per heavy atom. The number of carbonyl (C=O) groups is 1. The number of fused-ring (bicyclic) bond motifs is 5. The summed E-state index contributed by atoms with van der Waals surface area (Å²) in [7, 11) is -4.42. The van der Waals surface area contributed by atoms with Gasteiger partial charge in [-0.1, -0.05) is 13.8 Å². The fraction of sp³-hybridized carbons (Fsp3) is 0.947. The molecule has 0 aromatic carbocycles. The van der Waals surface area contributed by atoms with Crippen molar-refractivity contribution in [2.45, 2.75) is 77.7 Å². The molecule has 25 heavy (non-hydrogen) atoms. The molecule has 0 aromatic heterocycles. The van der Waals surface area contributed by atoms with E-state index in [1.165, 1.54) is 0 Å². The van der Waals surface area contributed by atoms with Gasteiger partial charge in [0.05, 0.1) is 6.10 Å². The van der Waals surface area contributed by atoms with E-state index in [-0.39, 0.29) is 17.1 Å². The summed E-state index contributed by atoms with van der Waals surface area (Å²) in [4.78, 5) is 12.7. The van der Waals surface area contributed by atoms with Crippen molar-refractivity contribution >= 4 is 16.2 Å². The van der Waals surface area contributed by atoms with Gasteiger partial charge in [0.2, 0.25) is 0 Å². The first-order chi connectivity index (χ1) is 12.4. The lowest BCUT2D eigenvalue weighted by Gasteiger charge is -2.60. The molecule has 5 nitrogen and oxygen atoms in total. The quantitative estimate of drug-likeness (QED) is 0.746. The van der Waals surface area contributed by atoms with E-state index in [9.17, 15) is 13.2 Å². The zero-order chi connectivity index (χ0) is 19.8. The van der Waals surface area contributed by atoms with E-state index in [1.807, 2.05) is 6.92 Å². The molecule has 142 valence electrons. The highest BCUT2D eigenvalue weighted by molar-refractivity contribution is 7.80. The third-order valence-electron chi connectivity index (χ3n) is 8.27. The normalized spacial score (nSPS) is 53.2. The third kappa shape index (κ3) is 2.79. The number of Topliss-reactive ketones (excluding diaryl/α,β-unsaturated/α-hetero) is 1. The first-order valence-corrected chi connectivity index (χ1v) is 10.9. The van der Waals surface area contributed by atoms with E-state index < -0.39 is 28.3 Å². The lowest BCUT2D eigenvalue weighted by Crippen LogP contribution is -2.54. The summed E-state index contributed by atoms with van der Waals surface area (Å²) in [6, 6.07) is 0. The van der Waals surface area contributed by atoms with E-state index in [1.54, 1.807) is 0 Å². The van der Waals surface area contributed by atoms with Crippen LogP contribution in [0, 0.1) is 34.5 Å². The third-order valence-corrected chi connectivity index (χ3v) is 8.78. The Labute approximate surface area is 153 Å². The summed E-state index contributed by atoms with van der Waals surface area (Å²) in [5, 5.41) is 0. The van der Waals surface area contributed by atoms with Crippen LogP contribution >= 0.6 is 0 Å². The Morgan fingerprint density at radius 1 is 1.12 bits per heavy atom. The van der Waals surface area contributed by atoms with Gasteiger partial charge in [0.25, 0.3) is 0 Å². The first-order valence-electron chi connectivity index (χ1n) is 10.6. The lowest BCUT2D eigenvalue weighted by molar-refractivity contribution is -0.141. The maximum atomic E-state index is 12.7. The Balaban J connectivity index is 1.56. The van der Waals surface area contributed by atoms with E-state index >= 15 is 0 Å². The van der Waals surface area contributed by atoms with Gasteiger partial charge in [-0.15, -0.1) is 0 Å². The maximum Gasteiger partial charge on any atom is 0.397 e. The minimum absolute atomic E-state index is 0.0711. The summed E-state index contributed by atoms with van der Waals surface area (Å²) in [5.41, 5.74) is -0.458. The molecule has 4 aliphatic rings. The minimum atomic E-state index is -4.42. The molecule has 0 radical (unpaired) electrons. The Bertz CT molecular complexity index is 753. The van der Waals surface area contributed by atoms with Crippen LogP contribution in [0.4, 0.5) is 0 Å². The molecule has 0 aromatic rings. The molecule has 4 saturated carbocycles. The number of hydrogen-bond donors (Lipinski definition) is 1. The van der Waals surface area contributed by atoms with Crippen molar-refractivity contribution in [1.29, 1.82) is 0 Å². The van der Waals surface area contributed by atoms with Crippen molar-refractivity contribution in [2.24, 2.45) is 34.5 Å². The number of ketones is 1. The highest BCUT2D eigenvalue weighted by atomic mass is 32.3. The lowest BCUT2D eigenvalue weighted by atomic mass is 9.45. The predicted octanol–water partition coefficient (Wildman–Crippen LogP) is 3.79. The van der Waals surface area contributed by atoms with Gasteiger partial charge >= 0.3 is 10.4 Å². The van der Waals surface area contributed by atoms with Gasteiger partial charge in [-0.25, -0.2) is 4.18 Å². The molecule has 0 heterocycles. The van der Waals surface area contributed by atoms with Gasteiger partial charge in [-0.05, 0) is 80.5 Å². The smallest absolute Gasteiger partial charge is 0.299 e. The molecule has 0 spiro atoms. The summed E-state index contributed by atoms with van der Waals surface area (Å²) in [6.45, 7) is 4.28. The highest BCUT2D eigenvalue weighted by Crippen LogP contribution is 2.65. The summed E-state index contributed by atoms with van der Waals surface area (Å²) < 4.78 is 52.4. The molecule has 6 heteroatoms. The molecule has 4 aliphatic carbocycles. The number of carbonyl (C=O) groups excluding carboxylic acids is 1. The van der Waals surface area contributed by atoms with Crippen LogP contribution in [0.25, 0.3) is 0 Å². The summed E-state index contributed by atoms with van der Waals surface area (Å²) in [6.07, 6.45) is 3.90. The summed E-state index contributed by atoms with van der Waals surface area (Å²) >= 11 is 0. The molecule has 0 bridgehead atoms. The average Bonchev–Trinajstić information content (AvgIpc) is 2.73. The molecule has 4 fully saturated rings. The van der Waals surface area contributed by atoms with Crippen molar-refractivity contribution in [1.82, 2.24) is 0 Å². The predicted molar refractivity (Wildman–Crippen MR) is 93.2 cm³/mol. The average molecular weight is 373 g/mol. The van der Waals surface area contributed by atoms with Crippen molar-refractivity contribution < 1.29 is 24.7 Å². The zero-order valence-corrected chi connectivity index (χ0v) is 15.8. The second-order valence-electron chi connectivity index (χ2n) is 9.24. The topological polar surface area (TPSA) is 80.7 Å². The van der Waals surface area contributed by atoms with Crippen molar-refractivity contribution in [3.05, 3.63) is 0 Å². The van der Waals surface area contributed by atoms with Crippen LogP contribution in [-0.2, 0) is 19.4 Å². The first kappa shape index (κ1) is 15.6. The Hall–Kier alpha value is -0.460. The molecule has 7 atom stereocenters. The molecule has 0 saturated heterocycles. The largest absolute Gasteiger partial charge is 0.397 e. The van der Waals surface area contributed by atoms with Gasteiger partial charge in [0.1, 0.15) is 5.78 Å². The Morgan fingerprint density at radius 2 is 1.88 bits per heavy atom. The molecule has 1 N–H and O–H groups in total. The number of hydrogen-bond acceptors (Lipinski definition) is 4. The van der Waals surface area contributed by atoms with Crippen molar-refractivity contribution in [3.63, 3.8) is 0 Å². The van der Waals surface area contributed by atoms with Gasteiger partial charge in [0, 0.05) is 14.5 Å². The van der Waals surface area contributed by atoms with Crippen LogP contribution in [0.1, 0.15) is 74.3 Å². The molecule has 0 amide bonds.